The molecular formula is C14H20FN3O. The highest BCUT2D eigenvalue weighted by Crippen LogP contribution is 2.30. The first kappa shape index (κ1) is 12.7. The van der Waals surface area contributed by atoms with Crippen molar-refractivity contribution < 1.29 is 9.18 Å². The Kier molecular flexibility index (Phi) is 2.89. The van der Waals surface area contributed by atoms with Crippen LogP contribution in [0.5, 0.6) is 0 Å². The molecule has 0 aliphatic carbocycles. The van der Waals surface area contributed by atoms with Gasteiger partial charge in [-0.1, -0.05) is 6.92 Å². The van der Waals surface area contributed by atoms with Gasteiger partial charge in [0.05, 0.1) is 13.1 Å². The van der Waals surface area contributed by atoms with Gasteiger partial charge in [-0.05, 0) is 31.0 Å². The van der Waals surface area contributed by atoms with E-state index in [0.717, 1.165) is 19.5 Å². The predicted octanol–water partition coefficient (Wildman–Crippen LogP) is 1.24. The lowest BCUT2D eigenvalue weighted by molar-refractivity contribution is -0.0222. The summed E-state index contributed by atoms with van der Waals surface area (Å²) in [5.41, 5.74) is 1.94. The molecule has 2 aliphatic rings. The second kappa shape index (κ2) is 4.34. The van der Waals surface area contributed by atoms with Crippen molar-refractivity contribution in [1.29, 1.82) is 0 Å². The number of hydrogen-bond donors (Lipinski definition) is 1. The molecule has 4 nitrogen and oxygen atoms in total. The average Bonchev–Trinajstić information content (AvgIpc) is 2.72. The van der Waals surface area contributed by atoms with Gasteiger partial charge in [0, 0.05) is 19.3 Å². The molecule has 104 valence electrons. The van der Waals surface area contributed by atoms with Crippen LogP contribution in [-0.4, -0.2) is 40.7 Å². The largest absolute Gasteiger partial charge is 0.342 e. The van der Waals surface area contributed by atoms with Crippen molar-refractivity contribution in [3.63, 3.8) is 0 Å². The molecule has 1 fully saturated rings. The van der Waals surface area contributed by atoms with E-state index in [9.17, 15) is 9.18 Å². The predicted molar refractivity (Wildman–Crippen MR) is 70.9 cm³/mol. The zero-order valence-electron chi connectivity index (χ0n) is 11.5. The third-order valence-corrected chi connectivity index (χ3v) is 4.40. The van der Waals surface area contributed by atoms with Crippen LogP contribution in [0, 0.1) is 0 Å². The molecule has 1 aromatic rings. The molecule has 1 N–H and O–H groups in total. The van der Waals surface area contributed by atoms with Crippen LogP contribution in [-0.2, 0) is 20.0 Å². The van der Waals surface area contributed by atoms with E-state index in [0.29, 0.717) is 12.1 Å². The summed E-state index contributed by atoms with van der Waals surface area (Å²) >= 11 is 0. The van der Waals surface area contributed by atoms with Crippen molar-refractivity contribution in [1.82, 2.24) is 14.8 Å². The van der Waals surface area contributed by atoms with Crippen LogP contribution in [0.4, 0.5) is 4.39 Å². The number of carbonyl (C=O) groups excluding carboxylic acids is 1. The monoisotopic (exact) mass is 265 g/mol. The first-order valence-corrected chi connectivity index (χ1v) is 6.90. The second-order valence-electron chi connectivity index (χ2n) is 5.65. The Hall–Kier alpha value is -1.36. The molecule has 2 aliphatic heterocycles. The Morgan fingerprint density at radius 3 is 2.89 bits per heavy atom. The molecule has 0 atom stereocenters. The van der Waals surface area contributed by atoms with Gasteiger partial charge in [-0.15, -0.1) is 0 Å². The van der Waals surface area contributed by atoms with Gasteiger partial charge in [-0.3, -0.25) is 4.79 Å². The van der Waals surface area contributed by atoms with Gasteiger partial charge in [0.2, 0.25) is 0 Å². The molecule has 3 rings (SSSR count). The number of hydrogen-bond acceptors (Lipinski definition) is 2. The molecule has 1 saturated heterocycles. The van der Waals surface area contributed by atoms with Crippen LogP contribution in [0.15, 0.2) is 6.07 Å². The lowest BCUT2D eigenvalue weighted by atomic mass is 9.93. The molecule has 1 aromatic heterocycles. The molecule has 19 heavy (non-hydrogen) atoms. The number of nitrogens with one attached hydrogen (secondary N) is 1. The highest BCUT2D eigenvalue weighted by molar-refractivity contribution is 5.94. The smallest absolute Gasteiger partial charge is 0.270 e. The Morgan fingerprint density at radius 2 is 2.26 bits per heavy atom. The van der Waals surface area contributed by atoms with Gasteiger partial charge in [0.1, 0.15) is 11.4 Å². The van der Waals surface area contributed by atoms with Crippen LogP contribution in [0.3, 0.4) is 0 Å². The fourth-order valence-corrected chi connectivity index (χ4v) is 2.96. The molecule has 0 saturated carbocycles. The molecule has 0 bridgehead atoms. The van der Waals surface area contributed by atoms with E-state index in [4.69, 9.17) is 0 Å². The molecule has 0 aromatic carbocycles. The zero-order valence-corrected chi connectivity index (χ0v) is 11.5. The fraction of sp³-hybridized carbons (Fsp3) is 0.643. The maximum Gasteiger partial charge on any atom is 0.270 e. The van der Waals surface area contributed by atoms with Crippen LogP contribution >= 0.6 is 0 Å². The highest BCUT2D eigenvalue weighted by atomic mass is 19.1. The summed E-state index contributed by atoms with van der Waals surface area (Å²) in [7, 11) is 1.92. The van der Waals surface area contributed by atoms with Crippen molar-refractivity contribution >= 4 is 5.91 Å². The quantitative estimate of drug-likeness (QED) is 0.873. The topological polar surface area (TPSA) is 37.3 Å². The Labute approximate surface area is 112 Å². The normalized spacial score (nSPS) is 20.9. The summed E-state index contributed by atoms with van der Waals surface area (Å²) in [5, 5.41) is 3.31. The standard InChI is InChI=1S/C14H20FN3O/c1-3-14(15)8-18(9-14)13(19)11-6-10-4-5-16-7-12(10)17(11)2/h6,16H,3-5,7-9H2,1-2H3. The summed E-state index contributed by atoms with van der Waals surface area (Å²) in [6.07, 6.45) is 1.43. The minimum absolute atomic E-state index is 0.0429. The molecule has 0 unspecified atom stereocenters. The van der Waals surface area contributed by atoms with Crippen molar-refractivity contribution in [2.75, 3.05) is 19.6 Å². The molecule has 0 spiro atoms. The van der Waals surface area contributed by atoms with Gasteiger partial charge < -0.3 is 14.8 Å². The first-order chi connectivity index (χ1) is 9.04. The van der Waals surface area contributed by atoms with E-state index < -0.39 is 5.67 Å². The van der Waals surface area contributed by atoms with Crippen LogP contribution < -0.4 is 5.32 Å². The van der Waals surface area contributed by atoms with Crippen LogP contribution in [0.1, 0.15) is 35.1 Å². The Morgan fingerprint density at radius 1 is 1.53 bits per heavy atom. The van der Waals surface area contributed by atoms with Crippen LogP contribution in [0.2, 0.25) is 0 Å². The number of likely N-dealkylation sites (tertiary alicyclic amines) is 1. The first-order valence-electron chi connectivity index (χ1n) is 6.90. The third-order valence-electron chi connectivity index (χ3n) is 4.40. The molecule has 5 heteroatoms. The van der Waals surface area contributed by atoms with Gasteiger partial charge in [-0.2, -0.15) is 0 Å². The number of amides is 1. The van der Waals surface area contributed by atoms with E-state index >= 15 is 0 Å². The molecule has 1 amide bonds. The molecular weight excluding hydrogens is 245 g/mol. The number of carbonyl (C=O) groups is 1. The van der Waals surface area contributed by atoms with E-state index in [1.54, 1.807) is 4.90 Å². The summed E-state index contributed by atoms with van der Waals surface area (Å²) in [4.78, 5) is 14.0. The van der Waals surface area contributed by atoms with E-state index in [1.165, 1.54) is 11.3 Å². The summed E-state index contributed by atoms with van der Waals surface area (Å²) < 4.78 is 15.8. The van der Waals surface area contributed by atoms with Gasteiger partial charge in [-0.25, -0.2) is 4.39 Å². The minimum Gasteiger partial charge on any atom is -0.342 e. The van der Waals surface area contributed by atoms with Gasteiger partial charge in [0.15, 0.2) is 0 Å². The number of halogens is 1. The maximum absolute atomic E-state index is 13.9. The van der Waals surface area contributed by atoms with Crippen molar-refractivity contribution in [2.45, 2.75) is 32.0 Å². The van der Waals surface area contributed by atoms with Crippen LogP contribution in [0.25, 0.3) is 0 Å². The zero-order chi connectivity index (χ0) is 13.6. The fourth-order valence-electron chi connectivity index (χ4n) is 2.96. The lowest BCUT2D eigenvalue weighted by Gasteiger charge is -2.44. The number of aromatic nitrogens is 1. The molecule has 3 heterocycles. The summed E-state index contributed by atoms with van der Waals surface area (Å²) in [5.74, 6) is -0.0429. The number of rotatable bonds is 2. The number of alkyl halides is 1. The van der Waals surface area contributed by atoms with E-state index in [1.807, 2.05) is 24.6 Å². The SMILES string of the molecule is CCC1(F)CN(C(=O)c2cc3c(n2C)CNCC3)C1. The van der Waals surface area contributed by atoms with Crippen molar-refractivity contribution in [3.8, 4) is 0 Å². The third kappa shape index (κ3) is 1.96. The summed E-state index contributed by atoms with van der Waals surface area (Å²) in [6.45, 7) is 4.06. The Bertz CT molecular complexity index is 517. The van der Waals surface area contributed by atoms with E-state index in [2.05, 4.69) is 5.32 Å². The van der Waals surface area contributed by atoms with Crippen molar-refractivity contribution in [2.24, 2.45) is 7.05 Å². The average molecular weight is 265 g/mol. The lowest BCUT2D eigenvalue weighted by Crippen LogP contribution is -2.60. The van der Waals surface area contributed by atoms with Gasteiger partial charge >= 0.3 is 0 Å². The van der Waals surface area contributed by atoms with Gasteiger partial charge in [0.25, 0.3) is 5.91 Å². The van der Waals surface area contributed by atoms with Crippen molar-refractivity contribution in [3.05, 3.63) is 23.0 Å². The second-order valence-corrected chi connectivity index (χ2v) is 5.65. The maximum atomic E-state index is 13.9. The van der Waals surface area contributed by atoms with E-state index in [-0.39, 0.29) is 19.0 Å². The number of nitrogens with zero attached hydrogens (tertiary/aromatic N) is 2. The number of fused-ring (bicyclic) bond motifs is 1. The highest BCUT2D eigenvalue weighted by Gasteiger charge is 2.45. The minimum atomic E-state index is -1.16. The Balaban J connectivity index is 1.80. The molecule has 0 radical (unpaired) electrons. The summed E-state index contributed by atoms with van der Waals surface area (Å²) in [6, 6.07) is 1.97.